The van der Waals surface area contributed by atoms with E-state index in [4.69, 9.17) is 19.0 Å². The van der Waals surface area contributed by atoms with Gasteiger partial charge in [-0.05, 0) is 136 Å². The normalized spacial score (nSPS) is 21.4. The summed E-state index contributed by atoms with van der Waals surface area (Å²) in [4.78, 5) is 52.0. The average Bonchev–Trinajstić information content (AvgIpc) is 4.17. The molecular weight excluding hydrogens is 828 g/mol. The average molecular weight is 879 g/mol. The Bertz CT molecular complexity index is 3020. The first-order valence-corrected chi connectivity index (χ1v) is 23.3. The summed E-state index contributed by atoms with van der Waals surface area (Å²) in [5.41, 5.74) is 4.00. The lowest BCUT2D eigenvalue weighted by atomic mass is 9.91. The molecule has 0 bridgehead atoms. The van der Waals surface area contributed by atoms with Crippen molar-refractivity contribution in [3.63, 3.8) is 0 Å². The summed E-state index contributed by atoms with van der Waals surface area (Å²) in [5, 5.41) is 4.71. The molecule has 2 aliphatic heterocycles. The van der Waals surface area contributed by atoms with Crippen LogP contribution in [0.4, 0.5) is 4.39 Å². The highest BCUT2D eigenvalue weighted by atomic mass is 32.2. The van der Waals surface area contributed by atoms with Crippen LogP contribution < -0.4 is 16.1 Å². The van der Waals surface area contributed by atoms with E-state index in [9.17, 15) is 22.4 Å². The van der Waals surface area contributed by atoms with E-state index in [0.717, 1.165) is 29.3 Å². The predicted molar refractivity (Wildman–Crippen MR) is 233 cm³/mol. The molecule has 3 aromatic heterocycles. The number of rotatable bonds is 11. The number of halogens is 1. The van der Waals surface area contributed by atoms with Gasteiger partial charge in [0.15, 0.2) is 15.7 Å². The van der Waals surface area contributed by atoms with Crippen LogP contribution >= 0.6 is 0 Å². The first-order chi connectivity index (χ1) is 30.3. The number of nitrogens with one attached hydrogen (secondary N) is 1. The maximum atomic E-state index is 15.2. The SMILES string of the molecule is Cc1cc(-n2c(OCCc3ccc(S(=O)(=O)C4CC4)cc3)nc3c(c2=O)CCN(C(=O)c2cc4cc(C5CCOCC5)ccc4n2[C@@]2(c4noc(=O)[nH]4)C[C@@H]2C)[C@H]3C)cc(C)c1F.[HH]. The van der Waals surface area contributed by atoms with Crippen molar-refractivity contribution >= 4 is 26.6 Å². The number of H-pyrrole nitrogens is 1. The van der Waals surface area contributed by atoms with E-state index < -0.39 is 27.2 Å². The van der Waals surface area contributed by atoms with E-state index in [1.807, 2.05) is 23.6 Å². The number of carbonyl (C=O) groups is 1. The van der Waals surface area contributed by atoms with Crippen molar-refractivity contribution in [2.45, 2.75) is 100 Å². The number of carbonyl (C=O) groups excluding carboxylic acids is 1. The molecule has 0 spiro atoms. The van der Waals surface area contributed by atoms with E-state index >= 15 is 4.79 Å². The third-order valence-corrected chi connectivity index (χ3v) is 16.0. The fourth-order valence-electron chi connectivity index (χ4n) is 9.86. The van der Waals surface area contributed by atoms with Crippen LogP contribution in [0.15, 0.2) is 79.7 Å². The van der Waals surface area contributed by atoms with Crippen LogP contribution in [0.3, 0.4) is 0 Å². The lowest BCUT2D eigenvalue weighted by molar-refractivity contribution is 0.0656. The number of nitrogens with zero attached hydrogens (tertiary/aromatic N) is 5. The van der Waals surface area contributed by atoms with Gasteiger partial charge in [0.1, 0.15) is 17.1 Å². The Morgan fingerprint density at radius 1 is 1.00 bits per heavy atom. The molecule has 4 aliphatic rings. The quantitative estimate of drug-likeness (QED) is 0.145. The zero-order valence-electron chi connectivity index (χ0n) is 35.6. The lowest BCUT2D eigenvalue weighted by Gasteiger charge is -2.35. The first-order valence-electron chi connectivity index (χ1n) is 21.8. The summed E-state index contributed by atoms with van der Waals surface area (Å²) in [5.74, 6) is -0.616. The van der Waals surface area contributed by atoms with Crippen LogP contribution in [0, 0.1) is 25.6 Å². The van der Waals surface area contributed by atoms with Gasteiger partial charge in [0.25, 0.3) is 11.5 Å². The summed E-state index contributed by atoms with van der Waals surface area (Å²) in [6.45, 7) is 8.88. The van der Waals surface area contributed by atoms with E-state index in [-0.39, 0.29) is 55.5 Å². The zero-order chi connectivity index (χ0) is 43.9. The van der Waals surface area contributed by atoms with Gasteiger partial charge in [-0.2, -0.15) is 4.98 Å². The van der Waals surface area contributed by atoms with Crippen LogP contribution in [0.25, 0.3) is 16.6 Å². The maximum Gasteiger partial charge on any atom is 0.438 e. The van der Waals surface area contributed by atoms with Crippen molar-refractivity contribution < 1.29 is 33.0 Å². The van der Waals surface area contributed by atoms with Gasteiger partial charge in [0, 0.05) is 44.1 Å². The van der Waals surface area contributed by atoms with E-state index in [2.05, 4.69) is 29.2 Å². The number of aromatic amines is 1. The Morgan fingerprint density at radius 2 is 1.71 bits per heavy atom. The van der Waals surface area contributed by atoms with Crippen molar-refractivity contribution in [2.75, 3.05) is 26.4 Å². The minimum Gasteiger partial charge on any atom is -0.464 e. The highest BCUT2D eigenvalue weighted by Gasteiger charge is 2.59. The van der Waals surface area contributed by atoms with Gasteiger partial charge in [-0.15, -0.1) is 0 Å². The molecule has 3 fully saturated rings. The van der Waals surface area contributed by atoms with Crippen LogP contribution in [0.2, 0.25) is 0 Å². The van der Waals surface area contributed by atoms with Crippen LogP contribution in [0.5, 0.6) is 6.01 Å². The summed E-state index contributed by atoms with van der Waals surface area (Å²) >= 11 is 0. The van der Waals surface area contributed by atoms with Crippen molar-refractivity contribution in [3.8, 4) is 11.7 Å². The van der Waals surface area contributed by atoms with Gasteiger partial charge in [-0.1, -0.05) is 30.3 Å². The van der Waals surface area contributed by atoms with Crippen molar-refractivity contribution in [2.24, 2.45) is 5.92 Å². The van der Waals surface area contributed by atoms with Gasteiger partial charge < -0.3 is 18.9 Å². The first kappa shape index (κ1) is 41.2. The van der Waals surface area contributed by atoms with Gasteiger partial charge in [-0.3, -0.25) is 19.1 Å². The second kappa shape index (κ2) is 15.4. The highest BCUT2D eigenvalue weighted by Crippen LogP contribution is 2.56. The molecule has 3 atom stereocenters. The predicted octanol–water partition coefficient (Wildman–Crippen LogP) is 6.86. The second-order valence-electron chi connectivity index (χ2n) is 17.7. The molecule has 0 unspecified atom stereocenters. The number of aryl methyl sites for hydroxylation is 2. The third kappa shape index (κ3) is 7.01. The lowest BCUT2D eigenvalue weighted by Crippen LogP contribution is -2.44. The Morgan fingerprint density at radius 3 is 2.37 bits per heavy atom. The highest BCUT2D eigenvalue weighted by molar-refractivity contribution is 7.92. The van der Waals surface area contributed by atoms with E-state index in [0.29, 0.717) is 89.3 Å². The van der Waals surface area contributed by atoms with Gasteiger partial charge in [-0.25, -0.2) is 22.2 Å². The molecule has 0 radical (unpaired) electrons. The van der Waals surface area contributed by atoms with Crippen molar-refractivity contribution in [1.29, 1.82) is 0 Å². The third-order valence-electron chi connectivity index (χ3n) is 13.7. The molecule has 1 amide bonds. The molecule has 10 rings (SSSR count). The molecule has 3 aromatic carbocycles. The van der Waals surface area contributed by atoms with Crippen LogP contribution in [0.1, 0.15) is 109 Å². The summed E-state index contributed by atoms with van der Waals surface area (Å²) in [6, 6.07) is 17.5. The Labute approximate surface area is 364 Å². The zero-order valence-corrected chi connectivity index (χ0v) is 36.5. The second-order valence-corrected chi connectivity index (χ2v) is 20.0. The molecule has 16 heteroatoms. The van der Waals surface area contributed by atoms with Crippen LogP contribution in [-0.2, 0) is 33.0 Å². The minimum absolute atomic E-state index is 0. The molecule has 63 heavy (non-hydrogen) atoms. The molecule has 14 nitrogen and oxygen atoms in total. The van der Waals surface area contributed by atoms with Gasteiger partial charge in [0.2, 0.25) is 0 Å². The summed E-state index contributed by atoms with van der Waals surface area (Å²) in [6.07, 6.45) is 4.39. The molecule has 1 N–H and O–H groups in total. The number of ether oxygens (including phenoxy) is 2. The maximum absolute atomic E-state index is 15.2. The molecule has 2 saturated carbocycles. The van der Waals surface area contributed by atoms with Crippen LogP contribution in [-0.4, -0.2) is 75.1 Å². The van der Waals surface area contributed by atoms with Gasteiger partial charge in [0.05, 0.1) is 34.2 Å². The molecule has 330 valence electrons. The Kier molecular flexibility index (Phi) is 10.1. The number of hydrogen-bond donors (Lipinski definition) is 1. The number of hydrogen-bond acceptors (Lipinski definition) is 10. The monoisotopic (exact) mass is 878 g/mol. The summed E-state index contributed by atoms with van der Waals surface area (Å²) < 4.78 is 60.8. The number of sulfone groups is 1. The van der Waals surface area contributed by atoms with Gasteiger partial charge >= 0.3 is 11.8 Å². The molecule has 5 heterocycles. The molecule has 6 aromatic rings. The number of amides is 1. The fraction of sp³-hybridized carbons (Fsp3) is 0.426. The smallest absolute Gasteiger partial charge is 0.438 e. The minimum atomic E-state index is -3.33. The molecule has 2 aliphatic carbocycles. The van der Waals surface area contributed by atoms with Crippen molar-refractivity contribution in [3.05, 3.63) is 132 Å². The molecular formula is C47H51FN6O8S. The Hall–Kier alpha value is -5.87. The van der Waals surface area contributed by atoms with E-state index in [1.165, 1.54) is 10.1 Å². The number of benzene rings is 3. The largest absolute Gasteiger partial charge is 0.464 e. The van der Waals surface area contributed by atoms with E-state index in [1.54, 1.807) is 55.1 Å². The van der Waals surface area contributed by atoms with Crippen molar-refractivity contribution in [1.82, 2.24) is 29.2 Å². The number of fused-ring (bicyclic) bond motifs is 2. The molecule has 1 saturated heterocycles. The standard InChI is InChI=1S/C47H49FN6O8S.H2/c1-26-21-34(22-27(2)40(26)48)53-42(55)37-13-17-52(29(4)41(37)49-45(53)61-20-14-30-5-8-35(9-6-30)63(58,59)36-10-11-36)43(56)39-24-33-23-32(31-15-18-60-19-16-31)7-12-38(33)54(39)47(25-28(47)3)44-50-46(57)62-51-44;/h5-9,12,21-24,28-29,31,36H,10-11,13-20,25H2,1-4H3,(H,50,51,57);1H/t28-,29-,47-;/m0./s1. The topological polar surface area (TPSA) is 172 Å². The Balaban J connectivity index is 0.00000518. The number of aromatic nitrogens is 5. The fourth-order valence-corrected chi connectivity index (χ4v) is 11.5. The summed E-state index contributed by atoms with van der Waals surface area (Å²) in [7, 11) is -3.33.